The van der Waals surface area contributed by atoms with Crippen molar-refractivity contribution >= 4 is 35.1 Å². The Morgan fingerprint density at radius 3 is 2.39 bits per heavy atom. The van der Waals surface area contributed by atoms with Crippen LogP contribution in [0.25, 0.3) is 0 Å². The number of carbonyl (C=O) groups excluding carboxylic acids is 2. The van der Waals surface area contributed by atoms with Gasteiger partial charge in [0.2, 0.25) is 11.8 Å². The molecule has 164 valence electrons. The van der Waals surface area contributed by atoms with E-state index < -0.39 is 18.1 Å². The number of carboxylic acid groups (broad SMARTS) is 1. The number of benzene rings is 2. The summed E-state index contributed by atoms with van der Waals surface area (Å²) in [6, 6.07) is 15.7. The highest BCUT2D eigenvalue weighted by molar-refractivity contribution is 6.30. The molecule has 0 aliphatic carbocycles. The van der Waals surface area contributed by atoms with Gasteiger partial charge in [-0.2, -0.15) is 0 Å². The predicted octanol–water partition coefficient (Wildman–Crippen LogP) is 3.09. The fraction of sp³-hybridized carbons (Fsp3) is 0.348. The molecule has 1 unspecified atom stereocenters. The van der Waals surface area contributed by atoms with E-state index in [0.29, 0.717) is 31.0 Å². The van der Waals surface area contributed by atoms with Gasteiger partial charge in [0.05, 0.1) is 12.6 Å². The average molecular weight is 445 g/mol. The predicted molar refractivity (Wildman–Crippen MR) is 117 cm³/mol. The number of anilines is 1. The van der Waals surface area contributed by atoms with Crippen LogP contribution in [0.15, 0.2) is 54.6 Å². The Bertz CT molecular complexity index is 919. The monoisotopic (exact) mass is 444 g/mol. The summed E-state index contributed by atoms with van der Waals surface area (Å²) in [7, 11) is 0. The molecule has 2 aromatic carbocycles. The van der Waals surface area contributed by atoms with Gasteiger partial charge in [-0.3, -0.25) is 9.59 Å². The van der Waals surface area contributed by atoms with E-state index in [1.54, 1.807) is 17.0 Å². The highest BCUT2D eigenvalue weighted by atomic mass is 35.5. The van der Waals surface area contributed by atoms with Crippen molar-refractivity contribution in [1.29, 1.82) is 0 Å². The summed E-state index contributed by atoms with van der Waals surface area (Å²) < 4.78 is 0. The number of nitrogens with zero attached hydrogens (tertiary/aromatic N) is 2. The molecule has 1 saturated heterocycles. The molecule has 0 spiro atoms. The first-order valence-corrected chi connectivity index (χ1v) is 10.5. The quantitative estimate of drug-likeness (QED) is 0.652. The third-order valence-electron chi connectivity index (χ3n) is 5.41. The number of carbonyl (C=O) groups is 3. The van der Waals surface area contributed by atoms with Gasteiger partial charge in [0, 0.05) is 30.1 Å². The Balaban J connectivity index is 1.68. The van der Waals surface area contributed by atoms with E-state index in [1.165, 1.54) is 4.90 Å². The number of rotatable bonds is 8. The van der Waals surface area contributed by atoms with Crippen molar-refractivity contribution in [3.05, 3.63) is 65.2 Å². The Labute approximate surface area is 185 Å². The molecule has 1 fully saturated rings. The molecule has 1 heterocycles. The molecule has 2 N–H and O–H groups in total. The summed E-state index contributed by atoms with van der Waals surface area (Å²) in [5, 5.41) is 19.5. The number of likely N-dealkylation sites (tertiary alicyclic amines) is 1. The molecular formula is C23H25ClN2O5. The molecular weight excluding hydrogens is 420 g/mol. The molecule has 2 atom stereocenters. The molecule has 31 heavy (non-hydrogen) atoms. The zero-order valence-electron chi connectivity index (χ0n) is 17.0. The zero-order valence-corrected chi connectivity index (χ0v) is 17.7. The highest BCUT2D eigenvalue weighted by Crippen LogP contribution is 2.23. The van der Waals surface area contributed by atoms with Crippen LogP contribution in [0.5, 0.6) is 0 Å². The van der Waals surface area contributed by atoms with Crippen LogP contribution in [-0.4, -0.2) is 51.6 Å². The Kier molecular flexibility index (Phi) is 7.65. The lowest BCUT2D eigenvalue weighted by Gasteiger charge is -2.27. The number of aliphatic hydroxyl groups excluding tert-OH is 1. The number of aliphatic hydroxyl groups is 1. The Morgan fingerprint density at radius 1 is 1.06 bits per heavy atom. The molecule has 3 rings (SSSR count). The first kappa shape index (κ1) is 22.8. The lowest BCUT2D eigenvalue weighted by Crippen LogP contribution is -2.46. The zero-order chi connectivity index (χ0) is 22.4. The van der Waals surface area contributed by atoms with E-state index in [2.05, 4.69) is 0 Å². The summed E-state index contributed by atoms with van der Waals surface area (Å²) in [6.07, 6.45) is -0.631. The number of para-hydroxylation sites is 1. The maximum Gasteiger partial charge on any atom is 0.334 e. The van der Waals surface area contributed by atoms with Gasteiger partial charge in [-0.1, -0.05) is 41.9 Å². The van der Waals surface area contributed by atoms with Gasteiger partial charge in [-0.15, -0.1) is 0 Å². The minimum absolute atomic E-state index is 0.0201. The van der Waals surface area contributed by atoms with Gasteiger partial charge in [0.25, 0.3) is 0 Å². The summed E-state index contributed by atoms with van der Waals surface area (Å²) in [5.74, 6) is -1.89. The molecule has 1 aliphatic rings. The van der Waals surface area contributed by atoms with Gasteiger partial charge in [0.15, 0.2) is 6.10 Å². The number of amides is 2. The van der Waals surface area contributed by atoms with E-state index in [4.69, 9.17) is 16.7 Å². The molecule has 8 heteroatoms. The van der Waals surface area contributed by atoms with E-state index in [-0.39, 0.29) is 24.7 Å². The molecule has 7 nitrogen and oxygen atoms in total. The molecule has 0 bridgehead atoms. The van der Waals surface area contributed by atoms with Crippen molar-refractivity contribution < 1.29 is 24.6 Å². The number of carboxylic acids is 1. The number of hydrogen-bond donors (Lipinski definition) is 2. The van der Waals surface area contributed by atoms with E-state index in [9.17, 15) is 19.5 Å². The Hall–Kier alpha value is -2.90. The van der Waals surface area contributed by atoms with Crippen LogP contribution in [0.2, 0.25) is 5.02 Å². The third kappa shape index (κ3) is 5.83. The fourth-order valence-electron chi connectivity index (χ4n) is 3.79. The number of halogens is 1. The summed E-state index contributed by atoms with van der Waals surface area (Å²) in [5.41, 5.74) is 1.62. The van der Waals surface area contributed by atoms with Crippen LogP contribution in [0, 0.1) is 0 Å². The largest absolute Gasteiger partial charge is 0.479 e. The van der Waals surface area contributed by atoms with Crippen molar-refractivity contribution in [2.75, 3.05) is 11.4 Å². The highest BCUT2D eigenvalue weighted by Gasteiger charge is 2.37. The lowest BCUT2D eigenvalue weighted by molar-refractivity contribution is -0.152. The van der Waals surface area contributed by atoms with Crippen LogP contribution < -0.4 is 4.90 Å². The van der Waals surface area contributed by atoms with Crippen molar-refractivity contribution in [3.63, 3.8) is 0 Å². The maximum absolute atomic E-state index is 13.0. The van der Waals surface area contributed by atoms with Crippen molar-refractivity contribution in [1.82, 2.24) is 4.90 Å². The Morgan fingerprint density at radius 2 is 1.74 bits per heavy atom. The van der Waals surface area contributed by atoms with Gasteiger partial charge in [0.1, 0.15) is 0 Å². The topological polar surface area (TPSA) is 98.1 Å². The van der Waals surface area contributed by atoms with Crippen LogP contribution in [0.1, 0.15) is 31.2 Å². The van der Waals surface area contributed by atoms with Crippen LogP contribution in [0.3, 0.4) is 0 Å². The van der Waals surface area contributed by atoms with Crippen molar-refractivity contribution in [3.8, 4) is 0 Å². The first-order chi connectivity index (χ1) is 14.9. The van der Waals surface area contributed by atoms with Gasteiger partial charge >= 0.3 is 5.97 Å². The van der Waals surface area contributed by atoms with Gasteiger partial charge in [-0.05, 0) is 42.7 Å². The second-order valence-electron chi connectivity index (χ2n) is 7.52. The number of hydrogen-bond acceptors (Lipinski definition) is 4. The minimum Gasteiger partial charge on any atom is -0.479 e. The average Bonchev–Trinajstić information content (AvgIpc) is 3.26. The van der Waals surface area contributed by atoms with Gasteiger partial charge in [-0.25, -0.2) is 4.79 Å². The molecule has 0 aromatic heterocycles. The summed E-state index contributed by atoms with van der Waals surface area (Å²) >= 11 is 5.95. The third-order valence-corrected chi connectivity index (χ3v) is 5.66. The molecule has 0 radical (unpaired) electrons. The maximum atomic E-state index is 13.0. The van der Waals surface area contributed by atoms with Crippen LogP contribution in [-0.2, 0) is 20.9 Å². The second-order valence-corrected chi connectivity index (χ2v) is 7.96. The SMILES string of the molecule is O=C(O)C(O)[C@@H]1CCCN1C(=O)CCC(=O)N(Cc1ccc(Cl)cc1)c1ccccc1. The number of aliphatic carboxylic acids is 1. The minimum atomic E-state index is -1.62. The molecule has 0 saturated carbocycles. The first-order valence-electron chi connectivity index (χ1n) is 10.2. The molecule has 2 aromatic rings. The standard InChI is InChI=1S/C23H25ClN2O5/c24-17-10-8-16(9-11-17)15-26(18-5-2-1-3-6-18)21(28)13-12-20(27)25-14-4-7-19(25)22(29)23(30)31/h1-3,5-6,8-11,19,22,29H,4,7,12-15H2,(H,30,31)/t19-,22?/m0/s1. The summed E-state index contributed by atoms with van der Waals surface area (Å²) in [4.78, 5) is 39.8. The van der Waals surface area contributed by atoms with E-state index in [1.807, 2.05) is 42.5 Å². The summed E-state index contributed by atoms with van der Waals surface area (Å²) in [6.45, 7) is 0.716. The normalized spacial score (nSPS) is 16.7. The molecule has 2 amide bonds. The van der Waals surface area contributed by atoms with Crippen molar-refractivity contribution in [2.24, 2.45) is 0 Å². The van der Waals surface area contributed by atoms with E-state index in [0.717, 1.165) is 11.3 Å². The van der Waals surface area contributed by atoms with Gasteiger partial charge < -0.3 is 20.0 Å². The van der Waals surface area contributed by atoms with E-state index >= 15 is 0 Å². The van der Waals surface area contributed by atoms with Crippen LogP contribution in [0.4, 0.5) is 5.69 Å². The van der Waals surface area contributed by atoms with Crippen LogP contribution >= 0.6 is 11.6 Å². The lowest BCUT2D eigenvalue weighted by atomic mass is 10.1. The smallest absolute Gasteiger partial charge is 0.334 e. The van der Waals surface area contributed by atoms with Crippen molar-refractivity contribution in [2.45, 2.75) is 44.4 Å². The second kappa shape index (κ2) is 10.4. The fourth-order valence-corrected chi connectivity index (χ4v) is 3.92. The molecule has 1 aliphatic heterocycles.